The van der Waals surface area contributed by atoms with E-state index in [-0.39, 0.29) is 12.1 Å². The number of halogens is 3. The number of nitrogens with zero attached hydrogens (tertiary/aromatic N) is 1. The number of thiazole rings is 1. The van der Waals surface area contributed by atoms with Crippen LogP contribution in [0.4, 0.5) is 18.9 Å². The van der Waals surface area contributed by atoms with E-state index in [1.165, 1.54) is 29.5 Å². The van der Waals surface area contributed by atoms with Gasteiger partial charge >= 0.3 is 6.18 Å². The summed E-state index contributed by atoms with van der Waals surface area (Å²) in [5.74, 6) is -0.500. The molecule has 4 rings (SSSR count). The van der Waals surface area contributed by atoms with Gasteiger partial charge in [-0.3, -0.25) is 4.79 Å². The van der Waals surface area contributed by atoms with Gasteiger partial charge in [0.1, 0.15) is 0 Å². The van der Waals surface area contributed by atoms with Crippen molar-refractivity contribution in [1.82, 2.24) is 4.98 Å². The first kappa shape index (κ1) is 21.1. The topological polar surface area (TPSA) is 42.0 Å². The number of fused-ring (bicyclic) bond motifs is 1. The molecule has 1 aromatic heterocycles. The molecule has 0 bridgehead atoms. The molecule has 0 aliphatic carbocycles. The summed E-state index contributed by atoms with van der Waals surface area (Å²) in [5, 5.41) is 5.57. The van der Waals surface area contributed by atoms with Gasteiger partial charge in [0.05, 0.1) is 28.4 Å². The molecular weight excluding hydrogens is 421 g/mol. The molecule has 7 heteroatoms. The number of para-hydroxylation sites is 1. The SMILES string of the molecule is Cc1nc(Cc2cccc3ccccc23)sc1CC(=O)Nc1ccccc1C(F)(F)F. The summed E-state index contributed by atoms with van der Waals surface area (Å²) in [6.45, 7) is 1.81. The second-order valence-corrected chi connectivity index (χ2v) is 8.37. The standard InChI is InChI=1S/C24H19F3N2OS/c1-15-21(14-22(30)29-20-12-5-4-11-19(20)24(25,26)27)31-23(28-15)13-17-9-6-8-16-7-2-3-10-18(16)17/h2-12H,13-14H2,1H3,(H,29,30). The lowest BCUT2D eigenvalue weighted by atomic mass is 10.0. The molecular formula is C24H19F3N2OS. The van der Waals surface area contributed by atoms with Crippen LogP contribution in [-0.4, -0.2) is 10.9 Å². The number of carbonyl (C=O) groups is 1. The van der Waals surface area contributed by atoms with E-state index in [0.717, 1.165) is 38.0 Å². The molecule has 0 saturated carbocycles. The summed E-state index contributed by atoms with van der Waals surface area (Å²) < 4.78 is 39.5. The summed E-state index contributed by atoms with van der Waals surface area (Å²) in [6.07, 6.45) is -3.92. The largest absolute Gasteiger partial charge is 0.418 e. The Morgan fingerprint density at radius 1 is 1.00 bits per heavy atom. The zero-order valence-electron chi connectivity index (χ0n) is 16.7. The van der Waals surface area contributed by atoms with Crippen LogP contribution in [0.2, 0.25) is 0 Å². The van der Waals surface area contributed by atoms with E-state index in [1.807, 2.05) is 25.1 Å². The molecule has 0 fully saturated rings. The first-order valence-corrected chi connectivity index (χ1v) is 10.5. The Labute approximate surface area is 181 Å². The molecule has 0 saturated heterocycles. The second kappa shape index (κ2) is 8.51. The number of benzene rings is 3. The minimum atomic E-state index is -4.53. The highest BCUT2D eigenvalue weighted by atomic mass is 32.1. The van der Waals surface area contributed by atoms with Crippen molar-refractivity contribution in [2.45, 2.75) is 25.9 Å². The van der Waals surface area contributed by atoms with E-state index >= 15 is 0 Å². The van der Waals surface area contributed by atoms with Crippen molar-refractivity contribution < 1.29 is 18.0 Å². The van der Waals surface area contributed by atoms with E-state index in [9.17, 15) is 18.0 Å². The minimum Gasteiger partial charge on any atom is -0.325 e. The third-order valence-corrected chi connectivity index (χ3v) is 6.14. The smallest absolute Gasteiger partial charge is 0.325 e. The molecule has 31 heavy (non-hydrogen) atoms. The molecule has 3 nitrogen and oxygen atoms in total. The maximum Gasteiger partial charge on any atom is 0.418 e. The van der Waals surface area contributed by atoms with E-state index in [4.69, 9.17) is 0 Å². The Hall–Kier alpha value is -3.19. The predicted octanol–water partition coefficient (Wildman–Crippen LogP) is 6.40. The summed E-state index contributed by atoms with van der Waals surface area (Å²) in [4.78, 5) is 17.8. The Kier molecular flexibility index (Phi) is 5.78. The Morgan fingerprint density at radius 2 is 1.71 bits per heavy atom. The average molecular weight is 440 g/mol. The van der Waals surface area contributed by atoms with Crippen LogP contribution in [0.15, 0.2) is 66.7 Å². The van der Waals surface area contributed by atoms with Crippen molar-refractivity contribution in [3.05, 3.63) is 93.4 Å². The van der Waals surface area contributed by atoms with Crippen LogP contribution in [-0.2, 0) is 23.8 Å². The highest BCUT2D eigenvalue weighted by molar-refractivity contribution is 7.11. The fourth-order valence-corrected chi connectivity index (χ4v) is 4.61. The zero-order valence-corrected chi connectivity index (χ0v) is 17.5. The molecule has 1 amide bonds. The van der Waals surface area contributed by atoms with E-state index in [2.05, 4.69) is 34.6 Å². The Bertz CT molecular complexity index is 1240. The fraction of sp³-hybridized carbons (Fsp3) is 0.167. The monoisotopic (exact) mass is 440 g/mol. The molecule has 1 N–H and O–H groups in total. The highest BCUT2D eigenvalue weighted by Crippen LogP contribution is 2.34. The first-order valence-electron chi connectivity index (χ1n) is 9.69. The molecule has 0 spiro atoms. The number of amides is 1. The first-order chi connectivity index (χ1) is 14.8. The van der Waals surface area contributed by atoms with Crippen LogP contribution in [0.1, 0.15) is 26.7 Å². The number of nitrogens with one attached hydrogen (secondary N) is 1. The number of hydrogen-bond donors (Lipinski definition) is 1. The Balaban J connectivity index is 1.50. The van der Waals surface area contributed by atoms with Gasteiger partial charge in [-0.1, -0.05) is 54.6 Å². The van der Waals surface area contributed by atoms with Crippen molar-refractivity contribution in [3.8, 4) is 0 Å². The van der Waals surface area contributed by atoms with Crippen LogP contribution in [0.3, 0.4) is 0 Å². The van der Waals surface area contributed by atoms with Crippen LogP contribution in [0, 0.1) is 6.92 Å². The van der Waals surface area contributed by atoms with Crippen LogP contribution < -0.4 is 5.32 Å². The lowest BCUT2D eigenvalue weighted by Gasteiger charge is -2.13. The van der Waals surface area contributed by atoms with Gasteiger partial charge in [-0.15, -0.1) is 11.3 Å². The number of aromatic nitrogens is 1. The van der Waals surface area contributed by atoms with Gasteiger partial charge in [-0.05, 0) is 35.4 Å². The molecule has 0 atom stereocenters. The van der Waals surface area contributed by atoms with Gasteiger partial charge in [0, 0.05) is 11.3 Å². The lowest BCUT2D eigenvalue weighted by Crippen LogP contribution is -2.18. The van der Waals surface area contributed by atoms with Gasteiger partial charge in [-0.25, -0.2) is 4.98 Å². The molecule has 0 radical (unpaired) electrons. The van der Waals surface area contributed by atoms with Crippen molar-refractivity contribution in [3.63, 3.8) is 0 Å². The molecule has 4 aromatic rings. The quantitative estimate of drug-likeness (QED) is 0.390. The van der Waals surface area contributed by atoms with Crippen molar-refractivity contribution >= 4 is 33.7 Å². The number of anilines is 1. The summed E-state index contributed by atoms with van der Waals surface area (Å²) in [6, 6.07) is 19.2. The molecule has 158 valence electrons. The molecule has 1 heterocycles. The van der Waals surface area contributed by atoms with Crippen molar-refractivity contribution in [2.24, 2.45) is 0 Å². The second-order valence-electron chi connectivity index (χ2n) is 7.20. The number of alkyl halides is 3. The van der Waals surface area contributed by atoms with Crippen LogP contribution in [0.25, 0.3) is 10.8 Å². The van der Waals surface area contributed by atoms with Gasteiger partial charge in [0.2, 0.25) is 5.91 Å². The van der Waals surface area contributed by atoms with Crippen molar-refractivity contribution in [1.29, 1.82) is 0 Å². The summed E-state index contributed by atoms with van der Waals surface area (Å²) in [7, 11) is 0. The maximum absolute atomic E-state index is 13.2. The fourth-order valence-electron chi connectivity index (χ4n) is 3.52. The van der Waals surface area contributed by atoms with E-state index < -0.39 is 17.6 Å². The zero-order chi connectivity index (χ0) is 22.0. The average Bonchev–Trinajstić information content (AvgIpc) is 3.06. The molecule has 3 aromatic carbocycles. The predicted molar refractivity (Wildman–Crippen MR) is 117 cm³/mol. The Morgan fingerprint density at radius 3 is 2.52 bits per heavy atom. The molecule has 0 aliphatic rings. The third kappa shape index (κ3) is 4.77. The van der Waals surface area contributed by atoms with Crippen LogP contribution in [0.5, 0.6) is 0 Å². The lowest BCUT2D eigenvalue weighted by molar-refractivity contribution is -0.137. The van der Waals surface area contributed by atoms with Gasteiger partial charge < -0.3 is 5.32 Å². The molecule has 0 unspecified atom stereocenters. The van der Waals surface area contributed by atoms with Gasteiger partial charge in [0.25, 0.3) is 0 Å². The van der Waals surface area contributed by atoms with E-state index in [0.29, 0.717) is 6.42 Å². The number of hydrogen-bond acceptors (Lipinski definition) is 3. The highest BCUT2D eigenvalue weighted by Gasteiger charge is 2.33. The van der Waals surface area contributed by atoms with E-state index in [1.54, 1.807) is 0 Å². The van der Waals surface area contributed by atoms with Gasteiger partial charge in [-0.2, -0.15) is 13.2 Å². The van der Waals surface area contributed by atoms with Crippen LogP contribution >= 0.6 is 11.3 Å². The van der Waals surface area contributed by atoms with Gasteiger partial charge in [0.15, 0.2) is 0 Å². The maximum atomic E-state index is 13.2. The normalized spacial score (nSPS) is 11.6. The number of aryl methyl sites for hydroxylation is 1. The molecule has 0 aliphatic heterocycles. The summed E-state index contributed by atoms with van der Waals surface area (Å²) in [5.41, 5.74) is 0.764. The third-order valence-electron chi connectivity index (χ3n) is 4.99. The van der Waals surface area contributed by atoms with Crippen molar-refractivity contribution in [2.75, 3.05) is 5.32 Å². The number of carbonyl (C=O) groups excluding carboxylic acids is 1. The summed E-state index contributed by atoms with van der Waals surface area (Å²) >= 11 is 1.42. The number of rotatable bonds is 5. The minimum absolute atomic E-state index is 0.0226.